The molecule has 1 saturated heterocycles. The van der Waals surface area contributed by atoms with Crippen molar-refractivity contribution in [2.24, 2.45) is 0 Å². The summed E-state index contributed by atoms with van der Waals surface area (Å²) >= 11 is 5.86. The van der Waals surface area contributed by atoms with E-state index in [-0.39, 0.29) is 18.0 Å². The van der Waals surface area contributed by atoms with Gasteiger partial charge in [0, 0.05) is 42.4 Å². The van der Waals surface area contributed by atoms with Crippen molar-refractivity contribution in [1.82, 2.24) is 19.8 Å². The van der Waals surface area contributed by atoms with Gasteiger partial charge in [-0.2, -0.15) is 0 Å². The van der Waals surface area contributed by atoms with Gasteiger partial charge in [-0.25, -0.2) is 0 Å². The van der Waals surface area contributed by atoms with Crippen LogP contribution in [0, 0.1) is 13.8 Å². The molecule has 7 heteroatoms. The molecule has 40 heavy (non-hydrogen) atoms. The number of aromatic nitrogens is 2. The number of nitrogens with zero attached hydrogens (tertiary/aromatic N) is 3. The topological polar surface area (TPSA) is 62.2 Å². The fraction of sp³-hybridized carbons (Fsp3) is 0.182. The van der Waals surface area contributed by atoms with Crippen LogP contribution in [-0.4, -0.2) is 32.0 Å². The number of pyridine rings is 1. The van der Waals surface area contributed by atoms with Crippen LogP contribution in [0.5, 0.6) is 0 Å². The number of amides is 1. The number of hydrogen-bond donors (Lipinski definition) is 2. The van der Waals surface area contributed by atoms with Gasteiger partial charge in [0.25, 0.3) is 0 Å². The maximum absolute atomic E-state index is 13.1. The van der Waals surface area contributed by atoms with Crippen molar-refractivity contribution in [3.63, 3.8) is 0 Å². The first-order valence-corrected chi connectivity index (χ1v) is 13.9. The van der Waals surface area contributed by atoms with Crippen molar-refractivity contribution >= 4 is 39.7 Å². The monoisotopic (exact) mass is 545 g/mol. The summed E-state index contributed by atoms with van der Waals surface area (Å²) in [5.74, 6) is -0.0403. The summed E-state index contributed by atoms with van der Waals surface area (Å²) in [4.78, 5) is 19.9. The van der Waals surface area contributed by atoms with Gasteiger partial charge in [-0.05, 0) is 90.4 Å². The highest BCUT2D eigenvalue weighted by Crippen LogP contribution is 2.39. The average Bonchev–Trinajstić information content (AvgIpc) is 3.58. The number of rotatable bonds is 7. The fourth-order valence-electron chi connectivity index (χ4n) is 5.47. The summed E-state index contributed by atoms with van der Waals surface area (Å²) in [6, 6.07) is 30.8. The second kappa shape index (κ2) is 10.9. The molecule has 1 aliphatic rings. The molecule has 1 aliphatic heterocycles. The Morgan fingerprint density at radius 3 is 2.60 bits per heavy atom. The van der Waals surface area contributed by atoms with E-state index in [0.29, 0.717) is 18.1 Å². The highest BCUT2D eigenvalue weighted by atomic mass is 32.1. The first kappa shape index (κ1) is 25.8. The Morgan fingerprint density at radius 1 is 0.950 bits per heavy atom. The van der Waals surface area contributed by atoms with Gasteiger partial charge in [0.1, 0.15) is 0 Å². The molecule has 3 aromatic carbocycles. The Balaban J connectivity index is 1.32. The van der Waals surface area contributed by atoms with Gasteiger partial charge in [-0.3, -0.25) is 9.78 Å². The zero-order chi connectivity index (χ0) is 27.6. The molecule has 5 aromatic rings. The van der Waals surface area contributed by atoms with Crippen LogP contribution in [-0.2, 0) is 4.79 Å². The Labute approximate surface area is 239 Å². The van der Waals surface area contributed by atoms with E-state index in [1.165, 1.54) is 10.8 Å². The minimum absolute atomic E-state index is 0.0403. The van der Waals surface area contributed by atoms with E-state index in [0.717, 1.165) is 33.9 Å². The van der Waals surface area contributed by atoms with E-state index in [1.54, 1.807) is 6.20 Å². The van der Waals surface area contributed by atoms with Crippen LogP contribution in [0.15, 0.2) is 103 Å². The molecule has 2 unspecified atom stereocenters. The van der Waals surface area contributed by atoms with E-state index < -0.39 is 0 Å². The third kappa shape index (κ3) is 5.08. The molecule has 3 heterocycles. The molecule has 0 radical (unpaired) electrons. The SMILES string of the molecule is Cc1ccc(C)c(NC(=O)CCN2C(=S)NC(c3ccccn3)C2c2cccn2-c2ccc3ccccc3c2)c1. The lowest BCUT2D eigenvalue weighted by Gasteiger charge is -2.29. The molecule has 2 atom stereocenters. The second-order valence-corrected chi connectivity index (χ2v) is 10.7. The lowest BCUT2D eigenvalue weighted by molar-refractivity contribution is -0.116. The largest absolute Gasteiger partial charge is 0.352 e. The van der Waals surface area contributed by atoms with Gasteiger partial charge in [-0.1, -0.05) is 48.5 Å². The molecule has 2 aromatic heterocycles. The summed E-state index contributed by atoms with van der Waals surface area (Å²) in [5.41, 5.74) is 6.05. The molecule has 0 bridgehead atoms. The van der Waals surface area contributed by atoms with Crippen LogP contribution >= 0.6 is 12.2 Å². The van der Waals surface area contributed by atoms with Crippen LogP contribution in [0.1, 0.15) is 41.0 Å². The maximum atomic E-state index is 13.1. The Kier molecular flexibility index (Phi) is 7.05. The number of carbonyl (C=O) groups excluding carboxylic acids is 1. The molecule has 0 spiro atoms. The molecule has 0 aliphatic carbocycles. The lowest BCUT2D eigenvalue weighted by atomic mass is 10.0. The first-order chi connectivity index (χ1) is 19.5. The first-order valence-electron chi connectivity index (χ1n) is 13.5. The standard InChI is InChI=1S/C33H31N5OS/c1-22-12-13-23(2)28(20-22)35-30(39)16-19-38-32(31(36-33(38)40)27-10-5-6-17-34-27)29-11-7-18-37(29)26-15-14-24-8-3-4-9-25(24)21-26/h3-15,17-18,20-21,31-32H,16,19H2,1-2H3,(H,35,39)(H,36,40). The number of fused-ring (bicyclic) bond motifs is 1. The third-order valence-corrected chi connectivity index (χ3v) is 7.89. The van der Waals surface area contributed by atoms with E-state index in [2.05, 4.69) is 85.9 Å². The number of hydrogen-bond acceptors (Lipinski definition) is 3. The molecular weight excluding hydrogens is 514 g/mol. The fourth-order valence-corrected chi connectivity index (χ4v) is 5.80. The molecule has 6 rings (SSSR count). The summed E-state index contributed by atoms with van der Waals surface area (Å²) in [5, 5.41) is 9.60. The van der Waals surface area contributed by atoms with Crippen LogP contribution in [0.3, 0.4) is 0 Å². The number of nitrogens with one attached hydrogen (secondary N) is 2. The minimum atomic E-state index is -0.162. The van der Waals surface area contributed by atoms with Crippen molar-refractivity contribution in [3.8, 4) is 5.69 Å². The van der Waals surface area contributed by atoms with Crippen LogP contribution in [0.25, 0.3) is 16.5 Å². The van der Waals surface area contributed by atoms with Gasteiger partial charge in [0.05, 0.1) is 17.8 Å². The van der Waals surface area contributed by atoms with E-state index in [4.69, 9.17) is 12.2 Å². The van der Waals surface area contributed by atoms with Gasteiger partial charge < -0.3 is 20.1 Å². The van der Waals surface area contributed by atoms with Gasteiger partial charge >= 0.3 is 0 Å². The van der Waals surface area contributed by atoms with Crippen molar-refractivity contribution in [3.05, 3.63) is 126 Å². The average molecular weight is 546 g/mol. The van der Waals surface area contributed by atoms with E-state index in [1.807, 2.05) is 50.2 Å². The summed E-state index contributed by atoms with van der Waals surface area (Å²) in [7, 11) is 0. The normalized spacial score (nSPS) is 16.8. The smallest absolute Gasteiger partial charge is 0.226 e. The van der Waals surface area contributed by atoms with Crippen molar-refractivity contribution in [2.45, 2.75) is 32.4 Å². The zero-order valence-electron chi connectivity index (χ0n) is 22.5. The van der Waals surface area contributed by atoms with Crippen molar-refractivity contribution < 1.29 is 4.79 Å². The second-order valence-electron chi connectivity index (χ2n) is 10.3. The highest BCUT2D eigenvalue weighted by Gasteiger charge is 2.41. The van der Waals surface area contributed by atoms with Crippen molar-refractivity contribution in [1.29, 1.82) is 0 Å². The third-order valence-electron chi connectivity index (χ3n) is 7.54. The molecular formula is C33H31N5OS. The predicted octanol–water partition coefficient (Wildman–Crippen LogP) is 6.64. The number of anilines is 1. The molecule has 0 saturated carbocycles. The highest BCUT2D eigenvalue weighted by molar-refractivity contribution is 7.80. The van der Waals surface area contributed by atoms with Crippen LogP contribution in [0.2, 0.25) is 0 Å². The van der Waals surface area contributed by atoms with E-state index >= 15 is 0 Å². The van der Waals surface area contributed by atoms with Gasteiger partial charge in [-0.15, -0.1) is 0 Å². The lowest BCUT2D eigenvalue weighted by Crippen LogP contribution is -2.33. The van der Waals surface area contributed by atoms with Gasteiger partial charge in [0.15, 0.2) is 5.11 Å². The summed E-state index contributed by atoms with van der Waals surface area (Å²) in [6.45, 7) is 4.50. The zero-order valence-corrected chi connectivity index (χ0v) is 23.4. The maximum Gasteiger partial charge on any atom is 0.226 e. The Morgan fingerprint density at radius 2 is 1.77 bits per heavy atom. The number of carbonyl (C=O) groups is 1. The minimum Gasteiger partial charge on any atom is -0.352 e. The molecule has 1 fully saturated rings. The van der Waals surface area contributed by atoms with Crippen LogP contribution in [0.4, 0.5) is 5.69 Å². The molecule has 1 amide bonds. The van der Waals surface area contributed by atoms with Crippen molar-refractivity contribution in [2.75, 3.05) is 11.9 Å². The predicted molar refractivity (Wildman–Crippen MR) is 165 cm³/mol. The summed E-state index contributed by atoms with van der Waals surface area (Å²) in [6.07, 6.45) is 4.19. The van der Waals surface area contributed by atoms with E-state index in [9.17, 15) is 4.79 Å². The number of thiocarbonyl (C=S) groups is 1. The molecule has 200 valence electrons. The molecule has 6 nitrogen and oxygen atoms in total. The number of benzene rings is 3. The number of aryl methyl sites for hydroxylation is 2. The van der Waals surface area contributed by atoms with Gasteiger partial charge in [0.2, 0.25) is 5.91 Å². The Bertz CT molecular complexity index is 1700. The Hall–Kier alpha value is -4.49. The quantitative estimate of drug-likeness (QED) is 0.225. The molecule has 2 N–H and O–H groups in total. The summed E-state index contributed by atoms with van der Waals surface area (Å²) < 4.78 is 2.21. The van der Waals surface area contributed by atoms with Crippen LogP contribution < -0.4 is 10.6 Å².